The molecule has 0 saturated carbocycles. The normalized spacial score (nSPS) is 19.7. The number of hydrogen-bond acceptors (Lipinski definition) is 3. The van der Waals surface area contributed by atoms with Gasteiger partial charge in [0, 0.05) is 36.7 Å². The Hall–Kier alpha value is -2.01. The zero-order valence-electron chi connectivity index (χ0n) is 23.8. The molecule has 5 heteroatoms. The number of amides is 1. The summed E-state index contributed by atoms with van der Waals surface area (Å²) in [5.41, 5.74) is 2.85. The molecule has 0 radical (unpaired) electrons. The summed E-state index contributed by atoms with van der Waals surface area (Å²) in [6, 6.07) is 8.70. The van der Waals surface area contributed by atoms with E-state index in [4.69, 9.17) is 4.74 Å². The summed E-state index contributed by atoms with van der Waals surface area (Å²) in [7, 11) is 0. The minimum atomic E-state index is -0.429. The minimum Gasteiger partial charge on any atom is -0.444 e. The molecule has 2 aliphatic heterocycles. The van der Waals surface area contributed by atoms with Gasteiger partial charge in [-0.1, -0.05) is 45.9 Å². The minimum absolute atomic E-state index is 0.157. The molecule has 2 saturated heterocycles. The standard InChI is InChI=1S/C31H49N3O2/c1-29(2,3)36-28(35)34-18-14-24(15-19-34)31(6,7)21-30(4,5)22-33-16-12-23(13-17-33)26-20-32-27-11-9-8-10-25(26)27/h8-11,20,23-24,32H,12-19,21-22H2,1-7H3. The van der Waals surface area contributed by atoms with Crippen molar-refractivity contribution in [3.63, 3.8) is 0 Å². The highest BCUT2D eigenvalue weighted by Crippen LogP contribution is 2.44. The molecule has 0 bridgehead atoms. The predicted octanol–water partition coefficient (Wildman–Crippen LogP) is 7.44. The molecular weight excluding hydrogens is 446 g/mol. The zero-order chi connectivity index (χ0) is 26.1. The van der Waals surface area contributed by atoms with E-state index in [1.807, 2.05) is 25.7 Å². The van der Waals surface area contributed by atoms with Crippen molar-refractivity contribution in [1.82, 2.24) is 14.8 Å². The lowest BCUT2D eigenvalue weighted by Crippen LogP contribution is -2.46. The summed E-state index contributed by atoms with van der Waals surface area (Å²) in [6.45, 7) is 20.8. The van der Waals surface area contributed by atoms with Gasteiger partial charge >= 0.3 is 6.09 Å². The van der Waals surface area contributed by atoms with Gasteiger partial charge in [-0.2, -0.15) is 0 Å². The van der Waals surface area contributed by atoms with Crippen molar-refractivity contribution < 1.29 is 9.53 Å². The van der Waals surface area contributed by atoms with E-state index < -0.39 is 5.60 Å². The Kier molecular flexibility index (Phi) is 7.81. The molecule has 2 aliphatic rings. The first-order valence-electron chi connectivity index (χ1n) is 14.1. The largest absolute Gasteiger partial charge is 0.444 e. The summed E-state index contributed by atoms with van der Waals surface area (Å²) in [4.78, 5) is 20.6. The van der Waals surface area contributed by atoms with Gasteiger partial charge in [-0.05, 0) is 100 Å². The summed E-state index contributed by atoms with van der Waals surface area (Å²) in [5, 5.41) is 1.40. The number of rotatable bonds is 6. The first-order valence-corrected chi connectivity index (χ1v) is 14.1. The van der Waals surface area contributed by atoms with Crippen LogP contribution < -0.4 is 0 Å². The molecule has 200 valence electrons. The lowest BCUT2D eigenvalue weighted by molar-refractivity contribution is 0.00488. The number of nitrogens with one attached hydrogen (secondary N) is 1. The van der Waals surface area contributed by atoms with Crippen molar-refractivity contribution in [3.8, 4) is 0 Å². The number of ether oxygens (including phenoxy) is 1. The maximum Gasteiger partial charge on any atom is 0.410 e. The Bertz CT molecular complexity index is 1020. The molecule has 0 unspecified atom stereocenters. The third kappa shape index (κ3) is 6.65. The van der Waals surface area contributed by atoms with Crippen LogP contribution in [0.3, 0.4) is 0 Å². The van der Waals surface area contributed by atoms with Crippen molar-refractivity contribution in [1.29, 1.82) is 0 Å². The van der Waals surface area contributed by atoms with E-state index >= 15 is 0 Å². The molecule has 1 amide bonds. The second kappa shape index (κ2) is 10.4. The molecular formula is C31H49N3O2. The lowest BCUT2D eigenvalue weighted by Gasteiger charge is -2.46. The van der Waals surface area contributed by atoms with Gasteiger partial charge in [-0.25, -0.2) is 4.79 Å². The molecule has 5 nitrogen and oxygen atoms in total. The molecule has 0 aliphatic carbocycles. The van der Waals surface area contributed by atoms with E-state index in [9.17, 15) is 4.79 Å². The van der Waals surface area contributed by atoms with E-state index in [0.29, 0.717) is 11.8 Å². The molecule has 1 N–H and O–H groups in total. The molecule has 3 heterocycles. The molecule has 1 aromatic heterocycles. The molecule has 0 atom stereocenters. The number of nitrogens with zero attached hydrogens (tertiary/aromatic N) is 2. The highest BCUT2D eigenvalue weighted by molar-refractivity contribution is 5.83. The summed E-state index contributed by atoms with van der Waals surface area (Å²) in [6.07, 6.45) is 7.91. The molecule has 4 rings (SSSR count). The number of benzene rings is 1. The smallest absolute Gasteiger partial charge is 0.410 e. The number of hydrogen-bond donors (Lipinski definition) is 1. The van der Waals surface area contributed by atoms with Gasteiger partial charge in [0.25, 0.3) is 0 Å². The van der Waals surface area contributed by atoms with Crippen LogP contribution in [0.25, 0.3) is 10.9 Å². The first kappa shape index (κ1) is 27.0. The fourth-order valence-corrected chi connectivity index (χ4v) is 7.04. The van der Waals surface area contributed by atoms with Crippen LogP contribution in [0.1, 0.15) is 92.1 Å². The molecule has 36 heavy (non-hydrogen) atoms. The molecule has 0 spiro atoms. The van der Waals surface area contributed by atoms with Crippen LogP contribution in [0.15, 0.2) is 30.5 Å². The Labute approximate surface area is 218 Å². The lowest BCUT2D eigenvalue weighted by atomic mass is 9.65. The first-order chi connectivity index (χ1) is 16.8. The molecule has 2 fully saturated rings. The fourth-order valence-electron chi connectivity index (χ4n) is 7.04. The van der Waals surface area contributed by atoms with E-state index in [1.54, 1.807) is 0 Å². The van der Waals surface area contributed by atoms with Crippen molar-refractivity contribution in [2.24, 2.45) is 16.7 Å². The third-order valence-corrected chi connectivity index (χ3v) is 8.49. The molecule has 1 aromatic carbocycles. The van der Waals surface area contributed by atoms with Crippen LogP contribution in [0.4, 0.5) is 4.79 Å². The number of carbonyl (C=O) groups is 1. The second-order valence-corrected chi connectivity index (χ2v) is 13.9. The zero-order valence-corrected chi connectivity index (χ0v) is 23.8. The number of likely N-dealkylation sites (tertiary alicyclic amines) is 2. The highest BCUT2D eigenvalue weighted by atomic mass is 16.6. The van der Waals surface area contributed by atoms with E-state index in [1.165, 1.54) is 48.8 Å². The quantitative estimate of drug-likeness (QED) is 0.453. The number of fused-ring (bicyclic) bond motifs is 1. The predicted molar refractivity (Wildman–Crippen MR) is 149 cm³/mol. The van der Waals surface area contributed by atoms with Crippen molar-refractivity contribution in [2.45, 2.75) is 92.1 Å². The third-order valence-electron chi connectivity index (χ3n) is 8.49. The Morgan fingerprint density at radius 1 is 0.944 bits per heavy atom. The van der Waals surface area contributed by atoms with Crippen LogP contribution in [0.2, 0.25) is 0 Å². The highest BCUT2D eigenvalue weighted by Gasteiger charge is 2.39. The van der Waals surface area contributed by atoms with Gasteiger partial charge in [0.15, 0.2) is 0 Å². The van der Waals surface area contributed by atoms with Crippen LogP contribution in [0, 0.1) is 16.7 Å². The average Bonchev–Trinajstić information content (AvgIpc) is 3.22. The van der Waals surface area contributed by atoms with Crippen molar-refractivity contribution in [3.05, 3.63) is 36.0 Å². The number of carbonyl (C=O) groups excluding carboxylic acids is 1. The Morgan fingerprint density at radius 3 is 2.22 bits per heavy atom. The van der Waals surface area contributed by atoms with Crippen LogP contribution in [-0.4, -0.2) is 59.2 Å². The number of aromatic amines is 1. The Balaban J connectivity index is 1.26. The van der Waals surface area contributed by atoms with Gasteiger partial charge in [-0.3, -0.25) is 0 Å². The van der Waals surface area contributed by atoms with E-state index in [0.717, 1.165) is 32.5 Å². The van der Waals surface area contributed by atoms with E-state index in [2.05, 4.69) is 68.0 Å². The van der Waals surface area contributed by atoms with E-state index in [-0.39, 0.29) is 16.9 Å². The van der Waals surface area contributed by atoms with Crippen molar-refractivity contribution in [2.75, 3.05) is 32.7 Å². The van der Waals surface area contributed by atoms with Gasteiger partial charge in [0.2, 0.25) is 0 Å². The maximum absolute atomic E-state index is 12.5. The van der Waals surface area contributed by atoms with Gasteiger partial charge in [-0.15, -0.1) is 0 Å². The average molecular weight is 496 g/mol. The SMILES string of the molecule is CC(C)(CN1CCC(c2c[nH]c3ccccc23)CC1)CC(C)(C)C1CCN(C(=O)OC(C)(C)C)CC1. The Morgan fingerprint density at radius 2 is 1.58 bits per heavy atom. The second-order valence-electron chi connectivity index (χ2n) is 13.9. The summed E-state index contributed by atoms with van der Waals surface area (Å²) in [5.74, 6) is 1.30. The maximum atomic E-state index is 12.5. The number of H-pyrrole nitrogens is 1. The fraction of sp³-hybridized carbons (Fsp3) is 0.710. The van der Waals surface area contributed by atoms with Gasteiger partial charge < -0.3 is 19.5 Å². The van der Waals surface area contributed by atoms with Crippen LogP contribution in [-0.2, 0) is 4.74 Å². The summed E-state index contributed by atoms with van der Waals surface area (Å²) < 4.78 is 5.60. The van der Waals surface area contributed by atoms with Crippen molar-refractivity contribution >= 4 is 17.0 Å². The number of para-hydroxylation sites is 1. The monoisotopic (exact) mass is 495 g/mol. The number of aromatic nitrogens is 1. The van der Waals surface area contributed by atoms with Crippen LogP contribution >= 0.6 is 0 Å². The van der Waals surface area contributed by atoms with Gasteiger partial charge in [0.1, 0.15) is 5.60 Å². The topological polar surface area (TPSA) is 48.6 Å². The number of piperidine rings is 2. The summed E-state index contributed by atoms with van der Waals surface area (Å²) >= 11 is 0. The van der Waals surface area contributed by atoms with Gasteiger partial charge in [0.05, 0.1) is 0 Å². The molecule has 2 aromatic rings. The van der Waals surface area contributed by atoms with Crippen LogP contribution in [0.5, 0.6) is 0 Å².